The average molecular weight is 363 g/mol. The summed E-state index contributed by atoms with van der Waals surface area (Å²) in [6, 6.07) is 15.6. The number of nitrogens with one attached hydrogen (secondary N) is 1. The lowest BCUT2D eigenvalue weighted by molar-refractivity contribution is 0.0779. The second kappa shape index (κ2) is 6.97. The maximum atomic E-state index is 12.6. The molecule has 1 amide bonds. The predicted octanol–water partition coefficient (Wildman–Crippen LogP) is 3.60. The summed E-state index contributed by atoms with van der Waals surface area (Å²) in [6.07, 6.45) is 3.64. The summed E-state index contributed by atoms with van der Waals surface area (Å²) in [6.45, 7) is 0.513. The molecule has 4 aromatic rings. The maximum absolute atomic E-state index is 12.6. The number of H-pyrrole nitrogens is 1. The summed E-state index contributed by atoms with van der Waals surface area (Å²) < 4.78 is 1.80. The van der Waals surface area contributed by atoms with Crippen LogP contribution in [0.15, 0.2) is 66.3 Å². The van der Waals surface area contributed by atoms with E-state index < -0.39 is 0 Å². The summed E-state index contributed by atoms with van der Waals surface area (Å²) in [5.41, 5.74) is 3.32. The van der Waals surface area contributed by atoms with Gasteiger partial charge in [0.25, 0.3) is 5.91 Å². The van der Waals surface area contributed by atoms with Gasteiger partial charge in [-0.3, -0.25) is 9.89 Å². The Morgan fingerprint density at radius 3 is 2.77 bits per heavy atom. The van der Waals surface area contributed by atoms with Crippen LogP contribution in [0.4, 0.5) is 0 Å². The molecule has 4 rings (SSSR count). The van der Waals surface area contributed by atoms with E-state index >= 15 is 0 Å². The van der Waals surface area contributed by atoms with Gasteiger partial charge in [0.1, 0.15) is 0 Å². The van der Waals surface area contributed by atoms with Crippen molar-refractivity contribution in [2.45, 2.75) is 6.54 Å². The van der Waals surface area contributed by atoms with Crippen molar-refractivity contribution < 1.29 is 4.79 Å². The Hall–Kier alpha value is -3.19. The SMILES string of the molecule is CN(Cc1ccc(-n2cccn2)cc1)C(=O)c1cc(-c2cccs2)[nH]n1. The molecule has 0 fully saturated rings. The van der Waals surface area contributed by atoms with Gasteiger partial charge in [-0.2, -0.15) is 10.2 Å². The molecule has 3 heterocycles. The van der Waals surface area contributed by atoms with Gasteiger partial charge in [-0.15, -0.1) is 11.3 Å². The van der Waals surface area contributed by atoms with Crippen LogP contribution in [0.25, 0.3) is 16.3 Å². The van der Waals surface area contributed by atoms with Crippen molar-refractivity contribution in [1.29, 1.82) is 0 Å². The molecule has 0 atom stereocenters. The Morgan fingerprint density at radius 1 is 1.23 bits per heavy atom. The first-order chi connectivity index (χ1) is 12.7. The lowest BCUT2D eigenvalue weighted by atomic mass is 10.2. The molecule has 0 bridgehead atoms. The summed E-state index contributed by atoms with van der Waals surface area (Å²) in [5.74, 6) is -0.111. The third kappa shape index (κ3) is 3.29. The second-order valence-electron chi connectivity index (χ2n) is 5.92. The topological polar surface area (TPSA) is 66.8 Å². The molecule has 130 valence electrons. The molecule has 0 aliphatic heterocycles. The van der Waals surface area contributed by atoms with E-state index in [4.69, 9.17) is 0 Å². The number of aromatic nitrogens is 4. The molecular weight excluding hydrogens is 346 g/mol. The highest BCUT2D eigenvalue weighted by Gasteiger charge is 2.16. The van der Waals surface area contributed by atoms with Gasteiger partial charge < -0.3 is 4.90 Å². The van der Waals surface area contributed by atoms with Crippen molar-refractivity contribution in [2.75, 3.05) is 7.05 Å². The molecule has 0 aliphatic rings. The molecule has 0 radical (unpaired) electrons. The van der Waals surface area contributed by atoms with E-state index in [1.54, 1.807) is 40.2 Å². The van der Waals surface area contributed by atoms with E-state index in [2.05, 4.69) is 15.3 Å². The van der Waals surface area contributed by atoms with E-state index in [1.807, 2.05) is 54.0 Å². The van der Waals surface area contributed by atoms with Gasteiger partial charge in [0, 0.05) is 26.0 Å². The monoisotopic (exact) mass is 363 g/mol. The van der Waals surface area contributed by atoms with Crippen molar-refractivity contribution in [1.82, 2.24) is 24.9 Å². The van der Waals surface area contributed by atoms with Crippen molar-refractivity contribution in [3.63, 3.8) is 0 Å². The zero-order valence-electron chi connectivity index (χ0n) is 14.2. The number of hydrogen-bond acceptors (Lipinski definition) is 4. The third-order valence-electron chi connectivity index (χ3n) is 4.06. The van der Waals surface area contributed by atoms with E-state index in [9.17, 15) is 4.79 Å². The Kier molecular flexibility index (Phi) is 4.37. The smallest absolute Gasteiger partial charge is 0.274 e. The minimum Gasteiger partial charge on any atom is -0.336 e. The molecule has 0 unspecified atom stereocenters. The minimum atomic E-state index is -0.111. The van der Waals surface area contributed by atoms with E-state index in [0.29, 0.717) is 12.2 Å². The van der Waals surface area contributed by atoms with Crippen molar-refractivity contribution in [3.05, 3.63) is 77.6 Å². The molecule has 7 heteroatoms. The minimum absolute atomic E-state index is 0.111. The molecule has 0 saturated carbocycles. The van der Waals surface area contributed by atoms with E-state index in [-0.39, 0.29) is 5.91 Å². The Labute approximate surface area is 154 Å². The van der Waals surface area contributed by atoms with Crippen LogP contribution in [0.2, 0.25) is 0 Å². The normalized spacial score (nSPS) is 10.8. The molecule has 0 spiro atoms. The Balaban J connectivity index is 1.44. The number of nitrogens with zero attached hydrogens (tertiary/aromatic N) is 4. The number of benzene rings is 1. The zero-order valence-corrected chi connectivity index (χ0v) is 15.0. The number of thiophene rings is 1. The summed E-state index contributed by atoms with van der Waals surface area (Å²) in [4.78, 5) is 15.3. The van der Waals surface area contributed by atoms with Crippen LogP contribution in [0.5, 0.6) is 0 Å². The number of carbonyl (C=O) groups is 1. The van der Waals surface area contributed by atoms with E-state index in [1.165, 1.54) is 0 Å². The summed E-state index contributed by atoms with van der Waals surface area (Å²) in [5, 5.41) is 13.3. The largest absolute Gasteiger partial charge is 0.336 e. The van der Waals surface area contributed by atoms with Gasteiger partial charge >= 0.3 is 0 Å². The molecule has 1 aromatic carbocycles. The lowest BCUT2D eigenvalue weighted by Gasteiger charge is -2.16. The first-order valence-electron chi connectivity index (χ1n) is 8.14. The van der Waals surface area contributed by atoms with Gasteiger partial charge in [-0.05, 0) is 41.3 Å². The highest BCUT2D eigenvalue weighted by atomic mass is 32.1. The standard InChI is InChI=1S/C19H17N5OS/c1-23(13-14-5-7-15(8-6-14)24-10-3-9-20-24)19(25)17-12-16(21-22-17)18-4-2-11-26-18/h2-12H,13H2,1H3,(H,21,22). The van der Waals surface area contributed by atoms with Crippen LogP contribution in [-0.4, -0.2) is 37.8 Å². The fraction of sp³-hybridized carbons (Fsp3) is 0.105. The van der Waals surface area contributed by atoms with Crippen LogP contribution >= 0.6 is 11.3 Å². The maximum Gasteiger partial charge on any atom is 0.274 e. The van der Waals surface area contributed by atoms with E-state index in [0.717, 1.165) is 21.8 Å². The molecule has 1 N–H and O–H groups in total. The van der Waals surface area contributed by atoms with Gasteiger partial charge in [0.2, 0.25) is 0 Å². The van der Waals surface area contributed by atoms with Crippen molar-refractivity contribution in [3.8, 4) is 16.3 Å². The quantitative estimate of drug-likeness (QED) is 0.589. The first kappa shape index (κ1) is 16.3. The molecule has 0 aliphatic carbocycles. The third-order valence-corrected chi connectivity index (χ3v) is 4.96. The van der Waals surface area contributed by atoms with Gasteiger partial charge in [-0.25, -0.2) is 4.68 Å². The van der Waals surface area contributed by atoms with Crippen molar-refractivity contribution >= 4 is 17.2 Å². The van der Waals surface area contributed by atoms with Gasteiger partial charge in [0.15, 0.2) is 5.69 Å². The highest BCUT2D eigenvalue weighted by molar-refractivity contribution is 7.13. The molecule has 26 heavy (non-hydrogen) atoms. The van der Waals surface area contributed by atoms with Crippen LogP contribution in [-0.2, 0) is 6.54 Å². The number of hydrogen-bond donors (Lipinski definition) is 1. The molecule has 0 saturated heterocycles. The number of carbonyl (C=O) groups excluding carboxylic acids is 1. The van der Waals surface area contributed by atoms with Crippen molar-refractivity contribution in [2.24, 2.45) is 0 Å². The second-order valence-corrected chi connectivity index (χ2v) is 6.87. The van der Waals surface area contributed by atoms with Crippen LogP contribution in [0.1, 0.15) is 16.1 Å². The lowest BCUT2D eigenvalue weighted by Crippen LogP contribution is -2.26. The first-order valence-corrected chi connectivity index (χ1v) is 9.02. The summed E-state index contributed by atoms with van der Waals surface area (Å²) in [7, 11) is 1.78. The summed E-state index contributed by atoms with van der Waals surface area (Å²) >= 11 is 1.61. The molecule has 3 aromatic heterocycles. The number of aromatic amines is 1. The van der Waals surface area contributed by atoms with Gasteiger partial charge in [-0.1, -0.05) is 18.2 Å². The Bertz CT molecular complexity index is 987. The van der Waals surface area contributed by atoms with Crippen LogP contribution in [0.3, 0.4) is 0 Å². The number of rotatable bonds is 5. The fourth-order valence-electron chi connectivity index (χ4n) is 2.71. The zero-order chi connectivity index (χ0) is 17.9. The average Bonchev–Trinajstić information content (AvgIpc) is 3.43. The van der Waals surface area contributed by atoms with Gasteiger partial charge in [0.05, 0.1) is 16.3 Å². The van der Waals surface area contributed by atoms with Crippen LogP contribution in [0, 0.1) is 0 Å². The number of amides is 1. The molecule has 6 nitrogen and oxygen atoms in total. The van der Waals surface area contributed by atoms with Crippen LogP contribution < -0.4 is 0 Å². The Morgan fingerprint density at radius 2 is 2.08 bits per heavy atom. The highest BCUT2D eigenvalue weighted by Crippen LogP contribution is 2.23. The molecular formula is C19H17N5OS. The fourth-order valence-corrected chi connectivity index (χ4v) is 3.40. The predicted molar refractivity (Wildman–Crippen MR) is 101 cm³/mol.